The first-order valence-corrected chi connectivity index (χ1v) is 7.07. The number of oxazole rings is 1. The fraction of sp³-hybridized carbons (Fsp3) is 0. The highest BCUT2D eigenvalue weighted by Crippen LogP contribution is 2.28. The van der Waals surface area contributed by atoms with Gasteiger partial charge >= 0.3 is 0 Å². The minimum Gasteiger partial charge on any atom is -0.457 e. The molecule has 0 aliphatic heterocycles. The van der Waals surface area contributed by atoms with Crippen LogP contribution in [0.1, 0.15) is 0 Å². The predicted octanol–water partition coefficient (Wildman–Crippen LogP) is 5.29. The number of fused-ring (bicyclic) bond motifs is 1. The lowest BCUT2D eigenvalue weighted by atomic mass is 10.2. The number of nitrogens with zero attached hydrogens (tertiary/aromatic N) is 1. The van der Waals surface area contributed by atoms with Gasteiger partial charge in [-0.2, -0.15) is 0 Å². The molecule has 0 aliphatic rings. The molecule has 1 heterocycles. The van der Waals surface area contributed by atoms with Gasteiger partial charge in [0, 0.05) is 5.56 Å². The van der Waals surface area contributed by atoms with Crippen molar-refractivity contribution in [1.29, 1.82) is 0 Å². The van der Waals surface area contributed by atoms with Gasteiger partial charge in [0.05, 0.1) is 0 Å². The number of hydrogen-bond donors (Lipinski definition) is 0. The van der Waals surface area contributed by atoms with Gasteiger partial charge in [0.25, 0.3) is 0 Å². The van der Waals surface area contributed by atoms with Gasteiger partial charge in [0.1, 0.15) is 17.0 Å². The second-order valence-electron chi connectivity index (χ2n) is 4.93. The fourth-order valence-electron chi connectivity index (χ4n) is 2.31. The Balaban J connectivity index is 1.69. The second-order valence-corrected chi connectivity index (χ2v) is 4.93. The van der Waals surface area contributed by atoms with Gasteiger partial charge in [0.2, 0.25) is 5.89 Å². The quantitative estimate of drug-likeness (QED) is 0.513. The Labute approximate surface area is 127 Å². The van der Waals surface area contributed by atoms with Crippen molar-refractivity contribution in [3.63, 3.8) is 0 Å². The molecular weight excluding hydrogens is 274 g/mol. The molecule has 4 aromatic rings. The maximum atomic E-state index is 5.85. The molecule has 0 unspecified atom stereocenters. The summed E-state index contributed by atoms with van der Waals surface area (Å²) in [5, 5.41) is 0. The maximum absolute atomic E-state index is 5.85. The summed E-state index contributed by atoms with van der Waals surface area (Å²) in [5.74, 6) is 2.16. The number of hydrogen-bond acceptors (Lipinski definition) is 3. The molecule has 3 aromatic carbocycles. The molecule has 0 bridgehead atoms. The zero-order valence-electron chi connectivity index (χ0n) is 11.8. The molecule has 3 heteroatoms. The van der Waals surface area contributed by atoms with Crippen LogP contribution in [0.5, 0.6) is 11.5 Å². The molecule has 0 aliphatic carbocycles. The summed E-state index contributed by atoms with van der Waals surface area (Å²) in [7, 11) is 0. The highest BCUT2D eigenvalue weighted by atomic mass is 16.5. The third kappa shape index (κ3) is 2.44. The van der Waals surface area contributed by atoms with E-state index in [1.807, 2.05) is 78.9 Å². The normalized spacial score (nSPS) is 10.7. The fourth-order valence-corrected chi connectivity index (χ4v) is 2.31. The van der Waals surface area contributed by atoms with Crippen LogP contribution in [0.3, 0.4) is 0 Å². The number of benzene rings is 3. The number of para-hydroxylation sites is 3. The third-order valence-electron chi connectivity index (χ3n) is 3.35. The zero-order valence-corrected chi connectivity index (χ0v) is 11.8. The van der Waals surface area contributed by atoms with Gasteiger partial charge in [-0.15, -0.1) is 0 Å². The van der Waals surface area contributed by atoms with Gasteiger partial charge in [-0.3, -0.25) is 0 Å². The molecule has 0 N–H and O–H groups in total. The van der Waals surface area contributed by atoms with E-state index < -0.39 is 0 Å². The number of ether oxygens (including phenoxy) is 1. The van der Waals surface area contributed by atoms with E-state index in [2.05, 4.69) is 4.98 Å². The van der Waals surface area contributed by atoms with Crippen LogP contribution in [0.4, 0.5) is 0 Å². The van der Waals surface area contributed by atoms with Crippen LogP contribution in [0.15, 0.2) is 83.3 Å². The van der Waals surface area contributed by atoms with Gasteiger partial charge in [-0.25, -0.2) is 4.98 Å². The summed E-state index contributed by atoms with van der Waals surface area (Å²) in [6.07, 6.45) is 0. The lowest BCUT2D eigenvalue weighted by Gasteiger charge is -2.06. The first kappa shape index (κ1) is 12.7. The van der Waals surface area contributed by atoms with E-state index in [1.54, 1.807) is 0 Å². The molecule has 0 amide bonds. The van der Waals surface area contributed by atoms with Crippen molar-refractivity contribution in [2.45, 2.75) is 0 Å². The molecule has 0 atom stereocenters. The summed E-state index contributed by atoms with van der Waals surface area (Å²) >= 11 is 0. The van der Waals surface area contributed by atoms with E-state index in [9.17, 15) is 0 Å². The average Bonchev–Trinajstić information content (AvgIpc) is 3.00. The van der Waals surface area contributed by atoms with Crippen LogP contribution < -0.4 is 4.74 Å². The largest absolute Gasteiger partial charge is 0.457 e. The van der Waals surface area contributed by atoms with Crippen LogP contribution >= 0.6 is 0 Å². The summed E-state index contributed by atoms with van der Waals surface area (Å²) in [6.45, 7) is 0. The highest BCUT2D eigenvalue weighted by Gasteiger charge is 2.08. The molecule has 4 rings (SSSR count). The summed E-state index contributed by atoms with van der Waals surface area (Å²) in [5.41, 5.74) is 2.53. The van der Waals surface area contributed by atoms with E-state index >= 15 is 0 Å². The van der Waals surface area contributed by atoms with Gasteiger partial charge < -0.3 is 9.15 Å². The Morgan fingerprint density at radius 2 is 1.50 bits per heavy atom. The standard InChI is InChI=1S/C19H13NO2/c1-2-8-15(9-3-1)21-16-10-6-7-14(13-16)19-20-17-11-4-5-12-18(17)22-19/h1-13H. The molecular formula is C19H13NO2. The molecule has 0 radical (unpaired) electrons. The van der Waals surface area contributed by atoms with E-state index in [-0.39, 0.29) is 0 Å². The molecule has 22 heavy (non-hydrogen) atoms. The Bertz CT molecular complexity index is 880. The van der Waals surface area contributed by atoms with E-state index in [4.69, 9.17) is 9.15 Å². The van der Waals surface area contributed by atoms with Crippen LogP contribution in [-0.4, -0.2) is 4.98 Å². The van der Waals surface area contributed by atoms with E-state index in [1.165, 1.54) is 0 Å². The van der Waals surface area contributed by atoms with Crippen molar-refractivity contribution < 1.29 is 9.15 Å². The van der Waals surface area contributed by atoms with E-state index in [0.717, 1.165) is 28.2 Å². The Hall–Kier alpha value is -3.07. The average molecular weight is 287 g/mol. The molecule has 3 nitrogen and oxygen atoms in total. The smallest absolute Gasteiger partial charge is 0.227 e. The third-order valence-corrected chi connectivity index (χ3v) is 3.35. The Kier molecular flexibility index (Phi) is 3.09. The number of rotatable bonds is 3. The molecule has 0 saturated carbocycles. The van der Waals surface area contributed by atoms with Crippen LogP contribution in [0.2, 0.25) is 0 Å². The Morgan fingerprint density at radius 3 is 2.36 bits per heavy atom. The lowest BCUT2D eigenvalue weighted by molar-refractivity contribution is 0.482. The van der Waals surface area contributed by atoms with E-state index in [0.29, 0.717) is 5.89 Å². The van der Waals surface area contributed by atoms with Crippen molar-refractivity contribution in [3.05, 3.63) is 78.9 Å². The Morgan fingerprint density at radius 1 is 0.727 bits per heavy atom. The van der Waals surface area contributed by atoms with Gasteiger partial charge in [-0.1, -0.05) is 36.4 Å². The molecule has 106 valence electrons. The molecule has 0 spiro atoms. The predicted molar refractivity (Wildman–Crippen MR) is 86.0 cm³/mol. The van der Waals surface area contributed by atoms with Crippen LogP contribution in [-0.2, 0) is 0 Å². The zero-order chi connectivity index (χ0) is 14.8. The minimum atomic E-state index is 0.597. The van der Waals surface area contributed by atoms with Crippen molar-refractivity contribution in [2.24, 2.45) is 0 Å². The van der Waals surface area contributed by atoms with Crippen molar-refractivity contribution in [2.75, 3.05) is 0 Å². The minimum absolute atomic E-state index is 0.597. The molecule has 0 saturated heterocycles. The van der Waals surface area contributed by atoms with Gasteiger partial charge in [-0.05, 0) is 42.5 Å². The molecule has 1 aromatic heterocycles. The lowest BCUT2D eigenvalue weighted by Crippen LogP contribution is -1.84. The van der Waals surface area contributed by atoms with Crippen molar-refractivity contribution in [3.8, 4) is 23.0 Å². The van der Waals surface area contributed by atoms with Gasteiger partial charge in [0.15, 0.2) is 5.58 Å². The topological polar surface area (TPSA) is 35.3 Å². The summed E-state index contributed by atoms with van der Waals surface area (Å²) < 4.78 is 11.6. The van der Waals surface area contributed by atoms with Crippen molar-refractivity contribution in [1.82, 2.24) is 4.98 Å². The SMILES string of the molecule is c1ccc(Oc2cccc(-c3nc4ccccc4o3)c2)cc1. The monoisotopic (exact) mass is 287 g/mol. The van der Waals surface area contributed by atoms with Crippen LogP contribution in [0.25, 0.3) is 22.6 Å². The van der Waals surface area contributed by atoms with Crippen LogP contribution in [0, 0.1) is 0 Å². The highest BCUT2D eigenvalue weighted by molar-refractivity contribution is 5.76. The maximum Gasteiger partial charge on any atom is 0.227 e. The van der Waals surface area contributed by atoms with Crippen molar-refractivity contribution >= 4 is 11.1 Å². The first-order chi connectivity index (χ1) is 10.9. The second kappa shape index (κ2) is 5.37. The summed E-state index contributed by atoms with van der Waals surface area (Å²) in [4.78, 5) is 4.51. The first-order valence-electron chi connectivity index (χ1n) is 7.07. The number of aromatic nitrogens is 1. The summed E-state index contributed by atoms with van der Waals surface area (Å²) in [6, 6.07) is 25.2. The molecule has 0 fully saturated rings.